The number of hydrogen-bond acceptors (Lipinski definition) is 8. The summed E-state index contributed by atoms with van der Waals surface area (Å²) in [6, 6.07) is 12.0. The Balaban J connectivity index is 1.63. The monoisotopic (exact) mass is 514 g/mol. The van der Waals surface area contributed by atoms with Crippen molar-refractivity contribution < 1.29 is 25.4 Å². The lowest BCUT2D eigenvalue weighted by atomic mass is 9.82. The summed E-state index contributed by atoms with van der Waals surface area (Å²) in [4.78, 5) is -0.120. The maximum Gasteiger partial charge on any atom is 0.358 e. The van der Waals surface area contributed by atoms with Gasteiger partial charge in [0.1, 0.15) is 21.2 Å². The van der Waals surface area contributed by atoms with Crippen molar-refractivity contribution in [1.29, 1.82) is 0 Å². The van der Waals surface area contributed by atoms with Crippen molar-refractivity contribution in [3.63, 3.8) is 0 Å². The highest BCUT2D eigenvalue weighted by atomic mass is 32.2. The van der Waals surface area contributed by atoms with E-state index in [1.165, 1.54) is 24.3 Å². The molecule has 2 aliphatic rings. The van der Waals surface area contributed by atoms with Crippen LogP contribution in [0.4, 0.5) is 0 Å². The van der Waals surface area contributed by atoms with Crippen LogP contribution in [0, 0.1) is 17.3 Å². The van der Waals surface area contributed by atoms with Crippen LogP contribution in [-0.2, 0) is 28.8 Å². The van der Waals surface area contributed by atoms with E-state index in [0.717, 1.165) is 24.0 Å². The maximum atomic E-state index is 12.7. The number of oxime groups is 2. The van der Waals surface area contributed by atoms with Gasteiger partial charge in [-0.15, -0.1) is 0 Å². The largest absolute Gasteiger partial charge is 0.358 e. The van der Waals surface area contributed by atoms with Crippen LogP contribution >= 0.6 is 0 Å². The first-order valence-electron chi connectivity index (χ1n) is 11.0. The predicted molar refractivity (Wildman–Crippen MR) is 134 cm³/mol. The molecule has 2 bridgehead atoms. The maximum absolute atomic E-state index is 12.7. The normalized spacial score (nSPS) is 23.4. The fraction of sp³-hybridized carbons (Fsp3) is 0.280. The third-order valence-electron chi connectivity index (χ3n) is 6.74. The first kappa shape index (κ1) is 24.9. The Morgan fingerprint density at radius 1 is 0.743 bits per heavy atom. The van der Waals surface area contributed by atoms with Gasteiger partial charge in [0, 0.05) is 11.8 Å². The van der Waals surface area contributed by atoms with E-state index in [-0.39, 0.29) is 38.5 Å². The van der Waals surface area contributed by atoms with E-state index in [1.807, 2.05) is 13.8 Å². The van der Waals surface area contributed by atoms with Gasteiger partial charge in [-0.3, -0.25) is 8.57 Å². The molecule has 35 heavy (non-hydrogen) atoms. The van der Waals surface area contributed by atoms with Crippen molar-refractivity contribution >= 4 is 43.8 Å². The third kappa shape index (κ3) is 4.68. The molecule has 2 saturated carbocycles. The molecular formula is C25H26N2O6S2. The van der Waals surface area contributed by atoms with Gasteiger partial charge < -0.3 is 0 Å². The summed E-state index contributed by atoms with van der Waals surface area (Å²) in [5, 5.41) is 7.92. The lowest BCUT2D eigenvalue weighted by molar-refractivity contribution is 0.289. The standard InChI is InChI=1S/C25H26N2O6S2/c1-5-17-7-11-19(12-8-17)34(28,29)32-26-23-21-15-16-22(25(21,3)4)24(23)27-33-35(30,31)20-13-9-18(6-2)10-14-20/h5-14,21-22H,1-2,15-16H2,3-4H3. The first-order chi connectivity index (χ1) is 16.5. The average molecular weight is 515 g/mol. The molecule has 0 spiro atoms. The van der Waals surface area contributed by atoms with Gasteiger partial charge in [0.2, 0.25) is 0 Å². The lowest BCUT2D eigenvalue weighted by Gasteiger charge is -2.21. The molecular weight excluding hydrogens is 488 g/mol. The second-order valence-electron chi connectivity index (χ2n) is 9.06. The van der Waals surface area contributed by atoms with Crippen molar-refractivity contribution in [3.05, 3.63) is 72.8 Å². The molecule has 2 aromatic rings. The smallest absolute Gasteiger partial charge is 0.264 e. The van der Waals surface area contributed by atoms with E-state index in [0.29, 0.717) is 0 Å². The van der Waals surface area contributed by atoms with Gasteiger partial charge in [-0.05, 0) is 53.6 Å². The summed E-state index contributed by atoms with van der Waals surface area (Å²) in [5.41, 5.74) is 1.79. The zero-order valence-corrected chi connectivity index (χ0v) is 21.1. The second-order valence-corrected chi connectivity index (χ2v) is 12.1. The minimum absolute atomic E-state index is 0.0600. The summed E-state index contributed by atoms with van der Waals surface area (Å²) in [7, 11) is -8.37. The van der Waals surface area contributed by atoms with Crippen molar-refractivity contribution in [2.75, 3.05) is 0 Å². The number of fused-ring (bicyclic) bond motifs is 2. The Hall–Kier alpha value is -3.24. The van der Waals surface area contributed by atoms with Crippen molar-refractivity contribution in [3.8, 4) is 0 Å². The van der Waals surface area contributed by atoms with E-state index < -0.39 is 20.2 Å². The summed E-state index contributed by atoms with van der Waals surface area (Å²) in [5.74, 6) is -0.300. The van der Waals surface area contributed by atoms with Crippen LogP contribution in [0.3, 0.4) is 0 Å². The van der Waals surface area contributed by atoms with E-state index in [4.69, 9.17) is 8.57 Å². The molecule has 0 N–H and O–H groups in total. The molecule has 4 rings (SSSR count). The van der Waals surface area contributed by atoms with Crippen LogP contribution in [0.5, 0.6) is 0 Å². The second kappa shape index (κ2) is 9.09. The Morgan fingerprint density at radius 3 is 1.40 bits per heavy atom. The van der Waals surface area contributed by atoms with Gasteiger partial charge in [0.25, 0.3) is 0 Å². The van der Waals surface area contributed by atoms with E-state index in [9.17, 15) is 16.8 Å². The molecule has 2 unspecified atom stereocenters. The molecule has 0 saturated heterocycles. The van der Waals surface area contributed by atoms with Gasteiger partial charge in [-0.2, -0.15) is 16.8 Å². The first-order valence-corrected chi connectivity index (χ1v) is 13.8. The highest BCUT2D eigenvalue weighted by Gasteiger charge is 2.57. The van der Waals surface area contributed by atoms with Gasteiger partial charge in [0.15, 0.2) is 0 Å². The van der Waals surface area contributed by atoms with Crippen molar-refractivity contribution in [2.24, 2.45) is 27.6 Å². The molecule has 2 atom stereocenters. The topological polar surface area (TPSA) is 111 Å². The molecule has 2 aliphatic carbocycles. The van der Waals surface area contributed by atoms with E-state index in [2.05, 4.69) is 23.5 Å². The summed E-state index contributed by atoms with van der Waals surface area (Å²) in [6.07, 6.45) is 4.70. The number of nitrogens with zero attached hydrogens (tertiary/aromatic N) is 2. The van der Waals surface area contributed by atoms with Crippen LogP contribution in [0.1, 0.15) is 37.8 Å². The third-order valence-corrected chi connectivity index (χ3v) is 8.98. The average Bonchev–Trinajstić information content (AvgIpc) is 3.26. The summed E-state index contributed by atoms with van der Waals surface area (Å²) >= 11 is 0. The molecule has 10 heteroatoms. The van der Waals surface area contributed by atoms with E-state index >= 15 is 0 Å². The molecule has 0 aliphatic heterocycles. The molecule has 8 nitrogen and oxygen atoms in total. The van der Waals surface area contributed by atoms with Crippen LogP contribution in [0.15, 0.2) is 81.8 Å². The van der Waals surface area contributed by atoms with Gasteiger partial charge >= 0.3 is 20.2 Å². The molecule has 184 valence electrons. The zero-order valence-electron chi connectivity index (χ0n) is 19.4. The quantitative estimate of drug-likeness (QED) is 0.465. The summed E-state index contributed by atoms with van der Waals surface area (Å²) in [6.45, 7) is 11.3. The SMILES string of the molecule is C=Cc1ccc(S(=O)(=O)ON=C2C(=NOS(=O)(=O)c3ccc(C=C)cc3)C3CCC2C3(C)C)cc1. The number of benzene rings is 2. The number of rotatable bonds is 8. The summed E-state index contributed by atoms with van der Waals surface area (Å²) < 4.78 is 60.8. The molecule has 0 aromatic heterocycles. The van der Waals surface area contributed by atoms with Gasteiger partial charge in [-0.25, -0.2) is 0 Å². The molecule has 0 amide bonds. The van der Waals surface area contributed by atoms with Crippen LogP contribution in [0.2, 0.25) is 0 Å². The zero-order chi connectivity index (χ0) is 25.4. The fourth-order valence-corrected chi connectivity index (χ4v) is 6.15. The van der Waals surface area contributed by atoms with Crippen LogP contribution in [0.25, 0.3) is 12.2 Å². The minimum Gasteiger partial charge on any atom is -0.264 e. The molecule has 2 fully saturated rings. The van der Waals surface area contributed by atoms with Gasteiger partial charge in [-0.1, -0.05) is 73.7 Å². The Labute approximate surface area is 205 Å². The van der Waals surface area contributed by atoms with Crippen molar-refractivity contribution in [1.82, 2.24) is 0 Å². The van der Waals surface area contributed by atoms with E-state index in [1.54, 1.807) is 36.4 Å². The highest BCUT2D eigenvalue weighted by Crippen LogP contribution is 2.55. The fourth-order valence-electron chi connectivity index (χ4n) is 4.68. The molecule has 2 aromatic carbocycles. The van der Waals surface area contributed by atoms with Gasteiger partial charge in [0.05, 0.1) is 0 Å². The predicted octanol–water partition coefficient (Wildman–Crippen LogP) is 4.86. The van der Waals surface area contributed by atoms with Crippen LogP contribution in [-0.4, -0.2) is 28.3 Å². The highest BCUT2D eigenvalue weighted by molar-refractivity contribution is 7.87. The van der Waals surface area contributed by atoms with Crippen LogP contribution < -0.4 is 0 Å². The lowest BCUT2D eigenvalue weighted by Crippen LogP contribution is -2.24. The number of hydrogen-bond donors (Lipinski definition) is 0. The van der Waals surface area contributed by atoms with Crippen molar-refractivity contribution in [2.45, 2.75) is 36.5 Å². The Bertz CT molecular complexity index is 1310. The Morgan fingerprint density at radius 2 is 1.09 bits per heavy atom. The minimum atomic E-state index is -4.19. The molecule has 0 heterocycles. The molecule has 0 radical (unpaired) electrons. The Kier molecular flexibility index (Phi) is 6.46.